The molecule has 3 nitrogen and oxygen atoms in total. The fraction of sp³-hybridized carbons (Fsp3) is 0.214. The first-order valence-electron chi connectivity index (χ1n) is 5.73. The van der Waals surface area contributed by atoms with Crippen LogP contribution in [0.3, 0.4) is 0 Å². The van der Waals surface area contributed by atoms with Crippen molar-refractivity contribution in [2.75, 3.05) is 0 Å². The predicted molar refractivity (Wildman–Crippen MR) is 75.3 cm³/mol. The molecule has 0 fully saturated rings. The molecule has 2 aromatic rings. The van der Waals surface area contributed by atoms with E-state index in [1.807, 2.05) is 37.3 Å². The van der Waals surface area contributed by atoms with Crippen LogP contribution < -0.4 is 10.5 Å². The van der Waals surface area contributed by atoms with Crippen molar-refractivity contribution in [1.29, 1.82) is 0 Å². The van der Waals surface area contributed by atoms with Gasteiger partial charge in [-0.3, -0.25) is 4.98 Å². The van der Waals surface area contributed by atoms with Gasteiger partial charge < -0.3 is 10.5 Å². The largest absolute Gasteiger partial charge is 0.488 e. The van der Waals surface area contributed by atoms with Gasteiger partial charge >= 0.3 is 0 Å². The molecule has 2 rings (SSSR count). The molecule has 0 aliphatic heterocycles. The highest BCUT2D eigenvalue weighted by atomic mass is 79.9. The molecule has 0 saturated heterocycles. The average Bonchev–Trinajstić information content (AvgIpc) is 2.37. The summed E-state index contributed by atoms with van der Waals surface area (Å²) in [6.45, 7) is 2.43. The standard InChI is InChI=1S/C14H15BrN2O/c1-10(16)13-5-4-12(15)7-14(13)18-9-11-3-2-6-17-8-11/h2-8,10H,9,16H2,1H3. The molecule has 0 bridgehead atoms. The first kappa shape index (κ1) is 13.1. The highest BCUT2D eigenvalue weighted by Gasteiger charge is 2.08. The molecule has 0 saturated carbocycles. The van der Waals surface area contributed by atoms with Gasteiger partial charge in [-0.25, -0.2) is 0 Å². The monoisotopic (exact) mass is 306 g/mol. The van der Waals surface area contributed by atoms with Gasteiger partial charge in [-0.1, -0.05) is 28.1 Å². The molecule has 1 atom stereocenters. The molecular weight excluding hydrogens is 292 g/mol. The Morgan fingerprint density at radius 3 is 2.89 bits per heavy atom. The highest BCUT2D eigenvalue weighted by molar-refractivity contribution is 9.10. The lowest BCUT2D eigenvalue weighted by Gasteiger charge is -2.14. The maximum atomic E-state index is 5.93. The van der Waals surface area contributed by atoms with Gasteiger partial charge in [0.05, 0.1) is 0 Å². The average molecular weight is 307 g/mol. The number of hydrogen-bond acceptors (Lipinski definition) is 3. The SMILES string of the molecule is CC(N)c1ccc(Br)cc1OCc1cccnc1. The van der Waals surface area contributed by atoms with Gasteiger partial charge in [-0.2, -0.15) is 0 Å². The van der Waals surface area contributed by atoms with E-state index in [0.29, 0.717) is 6.61 Å². The third-order valence-electron chi connectivity index (χ3n) is 2.58. The van der Waals surface area contributed by atoms with E-state index < -0.39 is 0 Å². The smallest absolute Gasteiger partial charge is 0.125 e. The molecule has 0 aliphatic rings. The summed E-state index contributed by atoms with van der Waals surface area (Å²) in [7, 11) is 0. The van der Waals surface area contributed by atoms with Crippen molar-refractivity contribution >= 4 is 15.9 Å². The zero-order valence-electron chi connectivity index (χ0n) is 10.1. The van der Waals surface area contributed by atoms with Gasteiger partial charge in [0.15, 0.2) is 0 Å². The summed E-state index contributed by atoms with van der Waals surface area (Å²) < 4.78 is 6.80. The third kappa shape index (κ3) is 3.31. The quantitative estimate of drug-likeness (QED) is 0.941. The Balaban J connectivity index is 2.15. The molecular formula is C14H15BrN2O. The second-order valence-electron chi connectivity index (χ2n) is 4.12. The molecule has 4 heteroatoms. The number of aromatic nitrogens is 1. The number of nitrogens with two attached hydrogens (primary N) is 1. The van der Waals surface area contributed by atoms with Crippen LogP contribution in [0.25, 0.3) is 0 Å². The molecule has 0 radical (unpaired) electrons. The Morgan fingerprint density at radius 2 is 2.22 bits per heavy atom. The van der Waals surface area contributed by atoms with E-state index in [9.17, 15) is 0 Å². The zero-order chi connectivity index (χ0) is 13.0. The highest BCUT2D eigenvalue weighted by Crippen LogP contribution is 2.28. The number of ether oxygens (including phenoxy) is 1. The van der Waals surface area contributed by atoms with Gasteiger partial charge in [0, 0.05) is 34.0 Å². The molecule has 0 spiro atoms. The van der Waals surface area contributed by atoms with Crippen molar-refractivity contribution in [2.45, 2.75) is 19.6 Å². The van der Waals surface area contributed by atoms with Gasteiger partial charge in [0.2, 0.25) is 0 Å². The van der Waals surface area contributed by atoms with Crippen LogP contribution in [0.1, 0.15) is 24.1 Å². The van der Waals surface area contributed by atoms with Crippen molar-refractivity contribution in [3.63, 3.8) is 0 Å². The molecule has 1 aromatic carbocycles. The summed E-state index contributed by atoms with van der Waals surface area (Å²) in [6.07, 6.45) is 3.54. The Kier molecular flexibility index (Phi) is 4.33. The summed E-state index contributed by atoms with van der Waals surface area (Å²) in [5.74, 6) is 0.809. The van der Waals surface area contributed by atoms with Crippen molar-refractivity contribution in [3.05, 3.63) is 58.3 Å². The number of hydrogen-bond donors (Lipinski definition) is 1. The maximum absolute atomic E-state index is 5.93. The lowest BCUT2D eigenvalue weighted by atomic mass is 10.1. The molecule has 1 aromatic heterocycles. The molecule has 0 aliphatic carbocycles. The van der Waals surface area contributed by atoms with Crippen molar-refractivity contribution in [2.24, 2.45) is 5.73 Å². The maximum Gasteiger partial charge on any atom is 0.125 e. The first-order valence-corrected chi connectivity index (χ1v) is 6.53. The Bertz CT molecular complexity index is 514. The van der Waals surface area contributed by atoms with Gasteiger partial charge in [-0.05, 0) is 25.1 Å². The molecule has 1 unspecified atom stereocenters. The van der Waals surface area contributed by atoms with Crippen LogP contribution in [-0.2, 0) is 6.61 Å². The Hall–Kier alpha value is -1.39. The van der Waals surface area contributed by atoms with E-state index in [1.54, 1.807) is 12.4 Å². The molecule has 18 heavy (non-hydrogen) atoms. The third-order valence-corrected chi connectivity index (χ3v) is 3.08. The summed E-state index contributed by atoms with van der Waals surface area (Å²) in [5, 5.41) is 0. The summed E-state index contributed by atoms with van der Waals surface area (Å²) >= 11 is 3.44. The fourth-order valence-corrected chi connectivity index (χ4v) is 1.99. The second-order valence-corrected chi connectivity index (χ2v) is 5.04. The van der Waals surface area contributed by atoms with Crippen LogP contribution >= 0.6 is 15.9 Å². The lowest BCUT2D eigenvalue weighted by molar-refractivity contribution is 0.301. The van der Waals surface area contributed by atoms with Crippen LogP contribution in [0, 0.1) is 0 Å². The molecule has 94 valence electrons. The minimum Gasteiger partial charge on any atom is -0.488 e. The van der Waals surface area contributed by atoms with Crippen LogP contribution in [0.4, 0.5) is 0 Å². The number of benzene rings is 1. The zero-order valence-corrected chi connectivity index (χ0v) is 11.7. The van der Waals surface area contributed by atoms with Crippen molar-refractivity contribution in [1.82, 2.24) is 4.98 Å². The van der Waals surface area contributed by atoms with E-state index in [1.165, 1.54) is 0 Å². The van der Waals surface area contributed by atoms with Crippen LogP contribution in [-0.4, -0.2) is 4.98 Å². The fourth-order valence-electron chi connectivity index (χ4n) is 1.65. The normalized spacial score (nSPS) is 12.2. The van der Waals surface area contributed by atoms with Gasteiger partial charge in [0.1, 0.15) is 12.4 Å². The summed E-state index contributed by atoms with van der Waals surface area (Å²) in [4.78, 5) is 4.06. The van der Waals surface area contributed by atoms with E-state index >= 15 is 0 Å². The topological polar surface area (TPSA) is 48.1 Å². The van der Waals surface area contributed by atoms with Crippen molar-refractivity contribution in [3.8, 4) is 5.75 Å². The lowest BCUT2D eigenvalue weighted by Crippen LogP contribution is -2.08. The van der Waals surface area contributed by atoms with Crippen molar-refractivity contribution < 1.29 is 4.74 Å². The van der Waals surface area contributed by atoms with Crippen LogP contribution in [0.15, 0.2) is 47.2 Å². The minimum absolute atomic E-state index is 0.0537. The van der Waals surface area contributed by atoms with E-state index in [2.05, 4.69) is 20.9 Å². The first-order chi connectivity index (χ1) is 8.66. The summed E-state index contributed by atoms with van der Waals surface area (Å²) in [6, 6.07) is 9.71. The second kappa shape index (κ2) is 5.98. The number of pyridine rings is 1. The van der Waals surface area contributed by atoms with Gasteiger partial charge in [0.25, 0.3) is 0 Å². The van der Waals surface area contributed by atoms with Gasteiger partial charge in [-0.15, -0.1) is 0 Å². The summed E-state index contributed by atoms with van der Waals surface area (Å²) in [5.41, 5.74) is 7.96. The Morgan fingerprint density at radius 1 is 1.39 bits per heavy atom. The minimum atomic E-state index is -0.0537. The molecule has 0 amide bonds. The van der Waals surface area contributed by atoms with Crippen LogP contribution in [0.2, 0.25) is 0 Å². The predicted octanol–water partition coefficient (Wildman–Crippen LogP) is 3.44. The molecule has 1 heterocycles. The van der Waals surface area contributed by atoms with E-state index in [4.69, 9.17) is 10.5 Å². The number of rotatable bonds is 4. The van der Waals surface area contributed by atoms with Crippen LogP contribution in [0.5, 0.6) is 5.75 Å². The van der Waals surface area contributed by atoms with E-state index in [0.717, 1.165) is 21.3 Å². The Labute approximate surface area is 115 Å². The van der Waals surface area contributed by atoms with E-state index in [-0.39, 0.29) is 6.04 Å². The number of nitrogens with zero attached hydrogens (tertiary/aromatic N) is 1. The molecule has 2 N–H and O–H groups in total. The number of halogens is 1.